The summed E-state index contributed by atoms with van der Waals surface area (Å²) >= 11 is 0. The number of carbonyl (C=O) groups is 1. The monoisotopic (exact) mass is 392 g/mol. The Morgan fingerprint density at radius 3 is 2.59 bits per heavy atom. The topological polar surface area (TPSA) is 98.7 Å². The van der Waals surface area contributed by atoms with Crippen molar-refractivity contribution in [3.8, 4) is 17.1 Å². The molecule has 0 saturated carbocycles. The van der Waals surface area contributed by atoms with Crippen LogP contribution in [0.2, 0.25) is 0 Å². The first kappa shape index (κ1) is 18.5. The van der Waals surface area contributed by atoms with Gasteiger partial charge in [-0.2, -0.15) is 10.1 Å². The third kappa shape index (κ3) is 3.75. The molecule has 0 aliphatic carbocycles. The molecule has 1 aromatic carbocycles. The standard InChI is InChI=1S/C20H17FN6O2/c1-12-18(13(2)27(25-12)16-5-3-15(21)4-6-16)20(28)23-11-17-24-19(26-29-17)14-7-9-22-10-8-14/h3-10H,11H2,1-2H3,(H,23,28). The van der Waals surface area contributed by atoms with Crippen LogP contribution in [0.15, 0.2) is 53.3 Å². The molecule has 1 amide bonds. The number of aryl methyl sites for hydroxylation is 1. The lowest BCUT2D eigenvalue weighted by Crippen LogP contribution is -2.24. The highest BCUT2D eigenvalue weighted by atomic mass is 19.1. The fraction of sp³-hybridized carbons (Fsp3) is 0.150. The predicted octanol–water partition coefficient (Wildman–Crippen LogP) is 3.00. The van der Waals surface area contributed by atoms with Crippen molar-refractivity contribution in [1.82, 2.24) is 30.2 Å². The summed E-state index contributed by atoms with van der Waals surface area (Å²) in [6.45, 7) is 3.61. The molecule has 1 N–H and O–H groups in total. The Kier molecular flexibility index (Phi) is 4.86. The van der Waals surface area contributed by atoms with Gasteiger partial charge in [0, 0.05) is 18.0 Å². The van der Waals surface area contributed by atoms with Gasteiger partial charge in [0.05, 0.1) is 29.2 Å². The van der Waals surface area contributed by atoms with Gasteiger partial charge in [0.15, 0.2) is 0 Å². The number of hydrogen-bond donors (Lipinski definition) is 1. The van der Waals surface area contributed by atoms with Crippen LogP contribution < -0.4 is 5.32 Å². The Balaban J connectivity index is 1.49. The zero-order valence-corrected chi connectivity index (χ0v) is 15.8. The fourth-order valence-corrected chi connectivity index (χ4v) is 2.99. The molecule has 0 fully saturated rings. The molecule has 0 atom stereocenters. The van der Waals surface area contributed by atoms with Crippen LogP contribution in [-0.2, 0) is 6.54 Å². The predicted molar refractivity (Wildman–Crippen MR) is 102 cm³/mol. The highest BCUT2D eigenvalue weighted by Gasteiger charge is 2.20. The van der Waals surface area contributed by atoms with Gasteiger partial charge in [-0.15, -0.1) is 0 Å². The first-order chi connectivity index (χ1) is 14.0. The lowest BCUT2D eigenvalue weighted by atomic mass is 10.2. The molecule has 0 bridgehead atoms. The minimum Gasteiger partial charge on any atom is -0.343 e. The molecule has 0 radical (unpaired) electrons. The number of rotatable bonds is 5. The SMILES string of the molecule is Cc1nn(-c2ccc(F)cc2)c(C)c1C(=O)NCc1nc(-c2ccncc2)no1. The van der Waals surface area contributed by atoms with Gasteiger partial charge < -0.3 is 9.84 Å². The number of aromatic nitrogens is 5. The van der Waals surface area contributed by atoms with Gasteiger partial charge in [0.25, 0.3) is 5.91 Å². The van der Waals surface area contributed by atoms with E-state index in [2.05, 4.69) is 25.5 Å². The van der Waals surface area contributed by atoms with Crippen molar-refractivity contribution >= 4 is 5.91 Å². The second-order valence-electron chi connectivity index (χ2n) is 6.36. The highest BCUT2D eigenvalue weighted by molar-refractivity contribution is 5.96. The number of benzene rings is 1. The number of halogens is 1. The lowest BCUT2D eigenvalue weighted by molar-refractivity contribution is 0.0945. The molecule has 3 aromatic heterocycles. The van der Waals surface area contributed by atoms with Crippen molar-refractivity contribution in [2.45, 2.75) is 20.4 Å². The zero-order valence-electron chi connectivity index (χ0n) is 15.8. The zero-order chi connectivity index (χ0) is 20.4. The van der Waals surface area contributed by atoms with Gasteiger partial charge in [-0.05, 0) is 50.2 Å². The molecule has 4 rings (SSSR count). The van der Waals surface area contributed by atoms with Crippen molar-refractivity contribution in [3.05, 3.63) is 77.5 Å². The molecule has 0 unspecified atom stereocenters. The summed E-state index contributed by atoms with van der Waals surface area (Å²) in [7, 11) is 0. The molecule has 8 nitrogen and oxygen atoms in total. The summed E-state index contributed by atoms with van der Waals surface area (Å²) in [6, 6.07) is 9.45. The van der Waals surface area contributed by atoms with Gasteiger partial charge in [-0.25, -0.2) is 9.07 Å². The van der Waals surface area contributed by atoms with Crippen molar-refractivity contribution < 1.29 is 13.7 Å². The van der Waals surface area contributed by atoms with E-state index in [1.807, 2.05) is 0 Å². The number of pyridine rings is 1. The van der Waals surface area contributed by atoms with Crippen LogP contribution in [0.1, 0.15) is 27.6 Å². The maximum Gasteiger partial charge on any atom is 0.255 e. The molecule has 0 aliphatic rings. The summed E-state index contributed by atoms with van der Waals surface area (Å²) in [4.78, 5) is 20.9. The van der Waals surface area contributed by atoms with E-state index < -0.39 is 0 Å². The van der Waals surface area contributed by atoms with E-state index >= 15 is 0 Å². The minimum absolute atomic E-state index is 0.0809. The van der Waals surface area contributed by atoms with Crippen molar-refractivity contribution in [2.75, 3.05) is 0 Å². The number of nitrogens with zero attached hydrogens (tertiary/aromatic N) is 5. The Hall–Kier alpha value is -3.88. The molecule has 29 heavy (non-hydrogen) atoms. The van der Waals surface area contributed by atoms with Gasteiger partial charge in [0.1, 0.15) is 5.82 Å². The van der Waals surface area contributed by atoms with E-state index in [-0.39, 0.29) is 24.2 Å². The third-order valence-electron chi connectivity index (χ3n) is 4.40. The van der Waals surface area contributed by atoms with E-state index in [1.165, 1.54) is 12.1 Å². The second-order valence-corrected chi connectivity index (χ2v) is 6.36. The molecule has 3 heterocycles. The Bertz CT molecular complexity index is 1150. The molecule has 0 saturated heterocycles. The summed E-state index contributed by atoms with van der Waals surface area (Å²) in [6.07, 6.45) is 3.27. The number of carbonyl (C=O) groups excluding carboxylic acids is 1. The number of amides is 1. The first-order valence-electron chi connectivity index (χ1n) is 8.86. The summed E-state index contributed by atoms with van der Waals surface area (Å²) < 4.78 is 20.0. The molecular weight excluding hydrogens is 375 g/mol. The smallest absolute Gasteiger partial charge is 0.255 e. The number of hydrogen-bond acceptors (Lipinski definition) is 6. The van der Waals surface area contributed by atoms with Gasteiger partial charge in [0.2, 0.25) is 11.7 Å². The van der Waals surface area contributed by atoms with E-state index in [1.54, 1.807) is 55.2 Å². The Morgan fingerprint density at radius 2 is 1.86 bits per heavy atom. The van der Waals surface area contributed by atoms with Crippen LogP contribution in [0.3, 0.4) is 0 Å². The van der Waals surface area contributed by atoms with E-state index in [0.717, 1.165) is 5.56 Å². The van der Waals surface area contributed by atoms with Crippen molar-refractivity contribution in [2.24, 2.45) is 0 Å². The summed E-state index contributed by atoms with van der Waals surface area (Å²) in [5.74, 6) is 0.0653. The third-order valence-corrected chi connectivity index (χ3v) is 4.40. The quantitative estimate of drug-likeness (QED) is 0.561. The van der Waals surface area contributed by atoms with Gasteiger partial charge in [-0.3, -0.25) is 9.78 Å². The average Bonchev–Trinajstić information content (AvgIpc) is 3.32. The van der Waals surface area contributed by atoms with E-state index in [4.69, 9.17) is 4.52 Å². The first-order valence-corrected chi connectivity index (χ1v) is 8.86. The van der Waals surface area contributed by atoms with Crippen LogP contribution in [0, 0.1) is 19.7 Å². The fourth-order valence-electron chi connectivity index (χ4n) is 2.99. The normalized spacial score (nSPS) is 10.9. The van der Waals surface area contributed by atoms with Crippen LogP contribution in [-0.4, -0.2) is 30.8 Å². The molecule has 0 spiro atoms. The summed E-state index contributed by atoms with van der Waals surface area (Å²) in [5, 5.41) is 11.1. The molecule has 146 valence electrons. The molecule has 4 aromatic rings. The maximum absolute atomic E-state index is 13.2. The Morgan fingerprint density at radius 1 is 1.14 bits per heavy atom. The Labute approximate surface area is 165 Å². The molecular formula is C20H17FN6O2. The van der Waals surface area contributed by atoms with Crippen molar-refractivity contribution in [1.29, 1.82) is 0 Å². The van der Waals surface area contributed by atoms with E-state index in [0.29, 0.717) is 28.5 Å². The molecule has 9 heteroatoms. The van der Waals surface area contributed by atoms with Gasteiger partial charge in [-0.1, -0.05) is 5.16 Å². The molecule has 0 aliphatic heterocycles. The van der Waals surface area contributed by atoms with Crippen molar-refractivity contribution in [3.63, 3.8) is 0 Å². The summed E-state index contributed by atoms with van der Waals surface area (Å²) in [5.41, 5.74) is 3.10. The number of nitrogens with one attached hydrogen (secondary N) is 1. The highest BCUT2D eigenvalue weighted by Crippen LogP contribution is 2.19. The minimum atomic E-state index is -0.334. The van der Waals surface area contributed by atoms with Crippen LogP contribution in [0.25, 0.3) is 17.1 Å². The van der Waals surface area contributed by atoms with Crippen LogP contribution >= 0.6 is 0 Å². The van der Waals surface area contributed by atoms with Gasteiger partial charge >= 0.3 is 0 Å². The largest absolute Gasteiger partial charge is 0.343 e. The van der Waals surface area contributed by atoms with E-state index in [9.17, 15) is 9.18 Å². The average molecular weight is 392 g/mol. The maximum atomic E-state index is 13.2. The van der Waals surface area contributed by atoms with Crippen LogP contribution in [0.5, 0.6) is 0 Å². The van der Waals surface area contributed by atoms with Crippen LogP contribution in [0.4, 0.5) is 4.39 Å². The lowest BCUT2D eigenvalue weighted by Gasteiger charge is -2.05. The second kappa shape index (κ2) is 7.63.